The van der Waals surface area contributed by atoms with Crippen LogP contribution in [0.15, 0.2) is 41.5 Å². The standard InChI is InChI=1S/C19H24O6/c1-2-3-10-25-11-9-15(16(19(23)24)13-18(21)22)12-17(20)14-7-5-4-6-8-14/h4-8H,2-3,9-13H2,1H3,(H,21,22)(H,23,24). The highest BCUT2D eigenvalue weighted by atomic mass is 16.5. The van der Waals surface area contributed by atoms with E-state index in [-0.39, 0.29) is 30.8 Å². The molecule has 1 aromatic carbocycles. The average molecular weight is 348 g/mol. The number of unbranched alkanes of at least 4 members (excludes halogenated alkanes) is 1. The second-order valence-electron chi connectivity index (χ2n) is 5.64. The first kappa shape index (κ1) is 20.6. The lowest BCUT2D eigenvalue weighted by Gasteiger charge is -2.12. The number of aliphatic carboxylic acids is 2. The van der Waals surface area contributed by atoms with Crippen molar-refractivity contribution in [1.29, 1.82) is 0 Å². The predicted molar refractivity (Wildman–Crippen MR) is 92.6 cm³/mol. The highest BCUT2D eigenvalue weighted by Gasteiger charge is 2.20. The van der Waals surface area contributed by atoms with E-state index in [4.69, 9.17) is 9.84 Å². The van der Waals surface area contributed by atoms with Gasteiger partial charge in [0, 0.05) is 24.2 Å². The Morgan fingerprint density at radius 1 is 1.00 bits per heavy atom. The van der Waals surface area contributed by atoms with Gasteiger partial charge in [0.25, 0.3) is 0 Å². The van der Waals surface area contributed by atoms with E-state index in [0.717, 1.165) is 12.8 Å². The van der Waals surface area contributed by atoms with Crippen LogP contribution >= 0.6 is 0 Å². The Morgan fingerprint density at radius 3 is 2.24 bits per heavy atom. The Kier molecular flexibility index (Phi) is 9.17. The monoisotopic (exact) mass is 348 g/mol. The summed E-state index contributed by atoms with van der Waals surface area (Å²) < 4.78 is 5.44. The molecule has 0 bridgehead atoms. The average Bonchev–Trinajstić information content (AvgIpc) is 2.59. The van der Waals surface area contributed by atoms with Crippen molar-refractivity contribution in [2.75, 3.05) is 13.2 Å². The van der Waals surface area contributed by atoms with Crippen LogP contribution in [0.1, 0.15) is 49.4 Å². The number of carbonyl (C=O) groups is 3. The summed E-state index contributed by atoms with van der Waals surface area (Å²) in [5, 5.41) is 18.3. The van der Waals surface area contributed by atoms with Gasteiger partial charge >= 0.3 is 11.9 Å². The van der Waals surface area contributed by atoms with Gasteiger partial charge in [0.05, 0.1) is 13.0 Å². The zero-order valence-electron chi connectivity index (χ0n) is 14.4. The van der Waals surface area contributed by atoms with Crippen LogP contribution in [0.4, 0.5) is 0 Å². The summed E-state index contributed by atoms with van der Waals surface area (Å²) in [5.41, 5.74) is 0.531. The van der Waals surface area contributed by atoms with E-state index >= 15 is 0 Å². The number of hydrogen-bond donors (Lipinski definition) is 2. The van der Waals surface area contributed by atoms with Gasteiger partial charge in [0.1, 0.15) is 0 Å². The zero-order valence-corrected chi connectivity index (χ0v) is 14.4. The summed E-state index contributed by atoms with van der Waals surface area (Å²) in [5.74, 6) is -2.80. The molecule has 0 saturated carbocycles. The summed E-state index contributed by atoms with van der Waals surface area (Å²) in [6, 6.07) is 8.52. The van der Waals surface area contributed by atoms with Crippen LogP contribution in [0.2, 0.25) is 0 Å². The lowest BCUT2D eigenvalue weighted by molar-refractivity contribution is -0.139. The van der Waals surface area contributed by atoms with E-state index in [1.807, 2.05) is 6.92 Å². The fourth-order valence-electron chi connectivity index (χ4n) is 2.31. The summed E-state index contributed by atoms with van der Waals surface area (Å²) in [7, 11) is 0. The van der Waals surface area contributed by atoms with E-state index in [1.165, 1.54) is 0 Å². The second-order valence-corrected chi connectivity index (χ2v) is 5.64. The fourth-order valence-corrected chi connectivity index (χ4v) is 2.31. The number of Topliss-reactive ketones (excluding diaryl/α,β-unsaturated/α-hetero) is 1. The molecule has 0 saturated heterocycles. The molecule has 0 aliphatic rings. The molecular weight excluding hydrogens is 324 g/mol. The summed E-state index contributed by atoms with van der Waals surface area (Å²) in [6.45, 7) is 2.84. The van der Waals surface area contributed by atoms with Gasteiger partial charge in [-0.05, 0) is 18.4 Å². The maximum atomic E-state index is 12.4. The molecule has 0 unspecified atom stereocenters. The number of benzene rings is 1. The summed E-state index contributed by atoms with van der Waals surface area (Å²) >= 11 is 0. The molecule has 2 N–H and O–H groups in total. The third-order valence-electron chi connectivity index (χ3n) is 3.67. The Hall–Kier alpha value is -2.47. The quantitative estimate of drug-likeness (QED) is 0.341. The summed E-state index contributed by atoms with van der Waals surface area (Å²) in [4.78, 5) is 34.8. The lowest BCUT2D eigenvalue weighted by atomic mass is 9.95. The molecule has 6 nitrogen and oxygen atoms in total. The van der Waals surface area contributed by atoms with Crippen molar-refractivity contribution in [3.05, 3.63) is 47.0 Å². The number of ether oxygens (including phenoxy) is 1. The van der Waals surface area contributed by atoms with Gasteiger partial charge in [-0.15, -0.1) is 0 Å². The SMILES string of the molecule is CCCCOCCC(CC(=O)c1ccccc1)=C(CC(=O)O)C(=O)O. The van der Waals surface area contributed by atoms with E-state index in [2.05, 4.69) is 0 Å². The second kappa shape index (κ2) is 11.1. The van der Waals surface area contributed by atoms with Gasteiger partial charge < -0.3 is 14.9 Å². The van der Waals surface area contributed by atoms with E-state index < -0.39 is 18.4 Å². The molecule has 136 valence electrons. The van der Waals surface area contributed by atoms with Gasteiger partial charge in [0.15, 0.2) is 5.78 Å². The molecule has 0 atom stereocenters. The number of ketones is 1. The molecule has 6 heteroatoms. The Labute approximate surface area is 147 Å². The Morgan fingerprint density at radius 2 is 1.68 bits per heavy atom. The molecule has 0 fully saturated rings. The predicted octanol–water partition coefficient (Wildman–Crippen LogP) is 3.32. The van der Waals surface area contributed by atoms with E-state index in [0.29, 0.717) is 17.7 Å². The fraction of sp³-hybridized carbons (Fsp3) is 0.421. The van der Waals surface area contributed by atoms with Crippen LogP contribution < -0.4 is 0 Å². The van der Waals surface area contributed by atoms with Crippen LogP contribution in [0.25, 0.3) is 0 Å². The Balaban J connectivity index is 2.94. The zero-order chi connectivity index (χ0) is 18.7. The summed E-state index contributed by atoms with van der Waals surface area (Å²) in [6.07, 6.45) is 1.34. The number of rotatable bonds is 12. The van der Waals surface area contributed by atoms with Gasteiger partial charge in [-0.1, -0.05) is 43.7 Å². The van der Waals surface area contributed by atoms with Crippen LogP contribution in [-0.2, 0) is 14.3 Å². The van der Waals surface area contributed by atoms with Crippen molar-refractivity contribution in [3.8, 4) is 0 Å². The van der Waals surface area contributed by atoms with Gasteiger partial charge in [-0.3, -0.25) is 9.59 Å². The van der Waals surface area contributed by atoms with E-state index in [1.54, 1.807) is 30.3 Å². The minimum Gasteiger partial charge on any atom is -0.481 e. The van der Waals surface area contributed by atoms with Crippen molar-refractivity contribution in [2.24, 2.45) is 0 Å². The lowest BCUT2D eigenvalue weighted by Crippen LogP contribution is -2.14. The van der Waals surface area contributed by atoms with Crippen LogP contribution in [0.5, 0.6) is 0 Å². The van der Waals surface area contributed by atoms with Crippen LogP contribution in [0, 0.1) is 0 Å². The molecule has 0 aliphatic heterocycles. The van der Waals surface area contributed by atoms with Crippen molar-refractivity contribution in [2.45, 2.75) is 39.0 Å². The highest BCUT2D eigenvalue weighted by Crippen LogP contribution is 2.20. The minimum absolute atomic E-state index is 0.129. The first-order valence-corrected chi connectivity index (χ1v) is 8.27. The third kappa shape index (κ3) is 7.76. The van der Waals surface area contributed by atoms with Crippen molar-refractivity contribution in [3.63, 3.8) is 0 Å². The molecule has 25 heavy (non-hydrogen) atoms. The van der Waals surface area contributed by atoms with Gasteiger partial charge in [-0.2, -0.15) is 0 Å². The molecule has 1 rings (SSSR count). The van der Waals surface area contributed by atoms with Crippen LogP contribution in [0.3, 0.4) is 0 Å². The smallest absolute Gasteiger partial charge is 0.332 e. The third-order valence-corrected chi connectivity index (χ3v) is 3.67. The number of carboxylic acid groups (broad SMARTS) is 2. The maximum absolute atomic E-state index is 12.4. The normalized spacial score (nSPS) is 11.7. The molecule has 0 heterocycles. The van der Waals surface area contributed by atoms with E-state index in [9.17, 15) is 19.5 Å². The topological polar surface area (TPSA) is 101 Å². The van der Waals surface area contributed by atoms with Crippen molar-refractivity contribution < 1.29 is 29.3 Å². The maximum Gasteiger partial charge on any atom is 0.332 e. The number of carboxylic acids is 2. The van der Waals surface area contributed by atoms with Gasteiger partial charge in [0.2, 0.25) is 0 Å². The molecule has 0 spiro atoms. The first-order chi connectivity index (χ1) is 12.0. The Bertz CT molecular complexity index is 618. The molecular formula is C19H24O6. The van der Waals surface area contributed by atoms with Crippen molar-refractivity contribution >= 4 is 17.7 Å². The molecule has 0 aliphatic carbocycles. The van der Waals surface area contributed by atoms with Gasteiger partial charge in [-0.25, -0.2) is 4.79 Å². The van der Waals surface area contributed by atoms with Crippen molar-refractivity contribution in [1.82, 2.24) is 0 Å². The highest BCUT2D eigenvalue weighted by molar-refractivity contribution is 6.00. The molecule has 0 aromatic heterocycles. The van der Waals surface area contributed by atoms with Crippen LogP contribution in [-0.4, -0.2) is 41.1 Å². The largest absolute Gasteiger partial charge is 0.481 e. The molecule has 0 amide bonds. The molecule has 0 radical (unpaired) electrons. The molecule has 1 aromatic rings. The minimum atomic E-state index is -1.31. The number of hydrogen-bond acceptors (Lipinski definition) is 4. The first-order valence-electron chi connectivity index (χ1n) is 8.27. The number of carbonyl (C=O) groups excluding carboxylic acids is 1.